The molecule has 0 saturated carbocycles. The van der Waals surface area contributed by atoms with E-state index in [9.17, 15) is 19.0 Å². The maximum atomic E-state index is 12.5. The van der Waals surface area contributed by atoms with Crippen LogP contribution in [0.25, 0.3) is 0 Å². The van der Waals surface area contributed by atoms with Crippen molar-refractivity contribution in [1.82, 2.24) is 0 Å². The van der Waals surface area contributed by atoms with Gasteiger partial charge in [-0.2, -0.15) is 0 Å². The second-order valence-electron chi connectivity index (χ2n) is 12.4. The Kier molecular flexibility index (Phi) is 35.4. The Bertz CT molecular complexity index is 1070. The van der Waals surface area contributed by atoms with Gasteiger partial charge in [0, 0.05) is 19.4 Å². The molecule has 0 aromatic rings. The largest absolute Gasteiger partial charge is 0.472 e. The normalized spacial score (nSPS) is 14.2. The van der Waals surface area contributed by atoms with E-state index in [1.807, 2.05) is 18.2 Å². The number of phosphoric acid groups is 1. The molecule has 0 saturated heterocycles. The van der Waals surface area contributed by atoms with Crippen LogP contribution in [0.4, 0.5) is 0 Å². The Balaban J connectivity index is 4.41. The third-order valence-corrected chi connectivity index (χ3v) is 8.56. The molecule has 0 aliphatic carbocycles. The van der Waals surface area contributed by atoms with E-state index >= 15 is 0 Å². The van der Waals surface area contributed by atoms with E-state index in [-0.39, 0.29) is 32.6 Å². The Hall–Kier alpha value is -2.55. The zero-order valence-corrected chi connectivity index (χ0v) is 32.7. The molecular formula is C41H70NO8P. The van der Waals surface area contributed by atoms with Crippen molar-refractivity contribution in [2.45, 2.75) is 148 Å². The molecule has 0 aliphatic heterocycles. The van der Waals surface area contributed by atoms with Crippen molar-refractivity contribution in [2.24, 2.45) is 5.73 Å². The number of hydrogen-bond donors (Lipinski definition) is 2. The Morgan fingerprint density at radius 3 is 1.61 bits per heavy atom. The van der Waals surface area contributed by atoms with E-state index in [1.165, 1.54) is 57.8 Å². The van der Waals surface area contributed by atoms with Crippen LogP contribution in [0.5, 0.6) is 0 Å². The summed E-state index contributed by atoms with van der Waals surface area (Å²) in [6, 6.07) is 0. The van der Waals surface area contributed by atoms with E-state index in [1.54, 1.807) is 0 Å². The lowest BCUT2D eigenvalue weighted by atomic mass is 10.1. The number of carbonyl (C=O) groups excluding carboxylic acids is 2. The second kappa shape index (κ2) is 37.2. The van der Waals surface area contributed by atoms with Crippen molar-refractivity contribution in [2.75, 3.05) is 26.4 Å². The van der Waals surface area contributed by atoms with Gasteiger partial charge in [-0.1, -0.05) is 145 Å². The monoisotopic (exact) mass is 735 g/mol. The summed E-state index contributed by atoms with van der Waals surface area (Å²) < 4.78 is 32.5. The van der Waals surface area contributed by atoms with Gasteiger partial charge in [0.1, 0.15) is 6.61 Å². The minimum atomic E-state index is -4.40. The Labute approximate surface area is 310 Å². The molecule has 0 radical (unpaired) electrons. The SMILES string of the molecule is CCCC=CCC=CCC=CCC=CCC=CCCC(=O)OC(COC(=O)CCC=CCCCCCCCCCCC)COP(=O)(O)OCCN. The van der Waals surface area contributed by atoms with Crippen LogP contribution in [0.3, 0.4) is 0 Å². The maximum absolute atomic E-state index is 12.5. The predicted molar refractivity (Wildman–Crippen MR) is 210 cm³/mol. The lowest BCUT2D eigenvalue weighted by Gasteiger charge is -2.19. The summed E-state index contributed by atoms with van der Waals surface area (Å²) in [5.74, 6) is -0.990. The molecule has 292 valence electrons. The number of ether oxygens (including phenoxy) is 2. The van der Waals surface area contributed by atoms with Gasteiger partial charge in [0.05, 0.1) is 13.2 Å². The van der Waals surface area contributed by atoms with Gasteiger partial charge in [0.2, 0.25) is 0 Å². The molecule has 9 nitrogen and oxygen atoms in total. The van der Waals surface area contributed by atoms with Crippen LogP contribution in [0, 0.1) is 0 Å². The zero-order chi connectivity index (χ0) is 37.5. The summed E-state index contributed by atoms with van der Waals surface area (Å²) in [4.78, 5) is 34.6. The molecule has 0 fully saturated rings. The van der Waals surface area contributed by atoms with Crippen LogP contribution in [0.15, 0.2) is 72.9 Å². The minimum absolute atomic E-state index is 0.0351. The summed E-state index contributed by atoms with van der Waals surface area (Å²) in [5, 5.41) is 0. The fraction of sp³-hybridized carbons (Fsp3) is 0.659. The summed E-state index contributed by atoms with van der Waals surface area (Å²) in [7, 11) is -4.40. The van der Waals surface area contributed by atoms with Crippen molar-refractivity contribution >= 4 is 19.8 Å². The first-order valence-electron chi connectivity index (χ1n) is 19.4. The van der Waals surface area contributed by atoms with Crippen LogP contribution in [0.2, 0.25) is 0 Å². The van der Waals surface area contributed by atoms with Gasteiger partial charge in [0.25, 0.3) is 0 Å². The number of hydrogen-bond acceptors (Lipinski definition) is 8. The van der Waals surface area contributed by atoms with E-state index in [4.69, 9.17) is 24.3 Å². The Morgan fingerprint density at radius 1 is 0.588 bits per heavy atom. The van der Waals surface area contributed by atoms with Gasteiger partial charge in [-0.25, -0.2) is 4.57 Å². The molecule has 0 spiro atoms. The standard InChI is InChI=1S/C41H70NO8P/c1-3-5-7-9-11-13-15-17-18-19-20-22-24-26-28-30-32-34-41(44)50-39(38-49-51(45,46)48-36-35-42)37-47-40(43)33-31-29-27-25-23-21-16-14-12-10-8-6-4-2/h7,9,13,15,18-19,22,24,27-30,39H,3-6,8,10-12,14,16-17,20-21,23,25-26,31-38,42H2,1-2H3,(H,45,46). The quantitative estimate of drug-likeness (QED) is 0.0282. The first-order valence-corrected chi connectivity index (χ1v) is 20.9. The average Bonchev–Trinajstić information content (AvgIpc) is 3.11. The van der Waals surface area contributed by atoms with Crippen molar-refractivity contribution in [3.63, 3.8) is 0 Å². The highest BCUT2D eigenvalue weighted by atomic mass is 31.2. The number of nitrogens with two attached hydrogens (primary N) is 1. The molecule has 0 heterocycles. The molecule has 0 amide bonds. The topological polar surface area (TPSA) is 134 Å². The highest BCUT2D eigenvalue weighted by Gasteiger charge is 2.25. The number of carbonyl (C=O) groups is 2. The number of unbranched alkanes of at least 4 members (excludes halogenated alkanes) is 10. The van der Waals surface area contributed by atoms with E-state index in [2.05, 4.69) is 68.5 Å². The van der Waals surface area contributed by atoms with Gasteiger partial charge in [-0.05, 0) is 57.8 Å². The smallest absolute Gasteiger partial charge is 0.462 e. The molecule has 0 aromatic heterocycles. The predicted octanol–water partition coefficient (Wildman–Crippen LogP) is 10.7. The second-order valence-corrected chi connectivity index (χ2v) is 13.9. The molecule has 51 heavy (non-hydrogen) atoms. The molecule has 2 unspecified atom stereocenters. The summed E-state index contributed by atoms with van der Waals surface area (Å²) in [6.45, 7) is 3.50. The van der Waals surface area contributed by atoms with Gasteiger partial charge in [0.15, 0.2) is 6.10 Å². The van der Waals surface area contributed by atoms with Crippen LogP contribution < -0.4 is 5.73 Å². The van der Waals surface area contributed by atoms with Gasteiger partial charge in [-0.15, -0.1) is 0 Å². The molecule has 0 aromatic carbocycles. The van der Waals surface area contributed by atoms with Crippen molar-refractivity contribution < 1.29 is 37.6 Å². The number of phosphoric ester groups is 1. The first-order chi connectivity index (χ1) is 24.8. The molecule has 10 heteroatoms. The summed E-state index contributed by atoms with van der Waals surface area (Å²) >= 11 is 0. The molecule has 0 aliphatic rings. The molecule has 2 atom stereocenters. The zero-order valence-electron chi connectivity index (χ0n) is 31.8. The summed E-state index contributed by atoms with van der Waals surface area (Å²) in [5.41, 5.74) is 5.32. The van der Waals surface area contributed by atoms with E-state index in [0.29, 0.717) is 12.8 Å². The lowest BCUT2D eigenvalue weighted by molar-refractivity contribution is -0.161. The first kappa shape index (κ1) is 48.5. The van der Waals surface area contributed by atoms with Crippen LogP contribution >= 0.6 is 7.82 Å². The fourth-order valence-electron chi connectivity index (χ4n) is 4.70. The highest BCUT2D eigenvalue weighted by molar-refractivity contribution is 7.47. The molecule has 0 rings (SSSR count). The van der Waals surface area contributed by atoms with E-state index in [0.717, 1.165) is 44.9 Å². The average molecular weight is 736 g/mol. The highest BCUT2D eigenvalue weighted by Crippen LogP contribution is 2.43. The summed E-state index contributed by atoms with van der Waals surface area (Å²) in [6.07, 6.45) is 43.9. The number of allylic oxidation sites excluding steroid dienone is 12. The van der Waals surface area contributed by atoms with Gasteiger partial charge >= 0.3 is 19.8 Å². The van der Waals surface area contributed by atoms with Gasteiger partial charge in [-0.3, -0.25) is 18.6 Å². The van der Waals surface area contributed by atoms with Crippen molar-refractivity contribution in [3.8, 4) is 0 Å². The molecule has 0 bridgehead atoms. The lowest BCUT2D eigenvalue weighted by Crippen LogP contribution is -2.29. The van der Waals surface area contributed by atoms with Crippen LogP contribution in [0.1, 0.15) is 142 Å². The third-order valence-electron chi connectivity index (χ3n) is 7.57. The third kappa shape index (κ3) is 37.0. The Morgan fingerprint density at radius 2 is 1.06 bits per heavy atom. The van der Waals surface area contributed by atoms with Crippen molar-refractivity contribution in [1.29, 1.82) is 0 Å². The number of rotatable bonds is 35. The molecular weight excluding hydrogens is 665 g/mol. The molecule has 3 N–H and O–H groups in total. The van der Waals surface area contributed by atoms with E-state index < -0.39 is 32.5 Å². The van der Waals surface area contributed by atoms with Crippen molar-refractivity contribution in [3.05, 3.63) is 72.9 Å². The minimum Gasteiger partial charge on any atom is -0.462 e. The fourth-order valence-corrected chi connectivity index (χ4v) is 5.46. The van der Waals surface area contributed by atoms with Gasteiger partial charge < -0.3 is 20.1 Å². The van der Waals surface area contributed by atoms with Crippen LogP contribution in [-0.4, -0.2) is 49.3 Å². The maximum Gasteiger partial charge on any atom is 0.472 e. The number of esters is 2. The van der Waals surface area contributed by atoms with Crippen LogP contribution in [-0.2, 0) is 32.7 Å².